The van der Waals surface area contributed by atoms with Gasteiger partial charge in [0.25, 0.3) is 0 Å². The maximum absolute atomic E-state index is 10.8. The van der Waals surface area contributed by atoms with Crippen molar-refractivity contribution in [3.05, 3.63) is 12.7 Å². The van der Waals surface area contributed by atoms with Gasteiger partial charge in [0.15, 0.2) is 0 Å². The second-order valence-electron chi connectivity index (χ2n) is 2.30. The maximum atomic E-state index is 10.8. The molecule has 78 valence electrons. The Morgan fingerprint density at radius 2 is 1.86 bits per heavy atom. The zero-order valence-electron chi connectivity index (χ0n) is 7.73. The highest BCUT2D eigenvalue weighted by Crippen LogP contribution is 1.90. The third-order valence-electron chi connectivity index (χ3n) is 1.22. The Labute approximate surface area is 81.7 Å². The fourth-order valence-corrected chi connectivity index (χ4v) is 0.606. The molecule has 0 aliphatic heterocycles. The van der Waals surface area contributed by atoms with Crippen LogP contribution in [0.2, 0.25) is 0 Å². The van der Waals surface area contributed by atoms with Crippen LogP contribution in [0.25, 0.3) is 0 Å². The topological polar surface area (TPSA) is 69.7 Å². The Kier molecular flexibility index (Phi) is 7.03. The van der Waals surface area contributed by atoms with Crippen molar-refractivity contribution in [2.24, 2.45) is 0 Å². The summed E-state index contributed by atoms with van der Waals surface area (Å²) < 4.78 is 9.17. The summed E-state index contributed by atoms with van der Waals surface area (Å²) in [6, 6.07) is 0. The molecule has 5 nitrogen and oxygen atoms in total. The van der Waals surface area contributed by atoms with E-state index in [-0.39, 0.29) is 26.1 Å². The minimum absolute atomic E-state index is 0.00230. The van der Waals surface area contributed by atoms with E-state index in [0.29, 0.717) is 6.29 Å². The van der Waals surface area contributed by atoms with Crippen LogP contribution in [0.15, 0.2) is 12.7 Å². The molecule has 5 heteroatoms. The van der Waals surface area contributed by atoms with Crippen LogP contribution >= 0.6 is 0 Å². The molecule has 14 heavy (non-hydrogen) atoms. The Bertz CT molecular complexity index is 221. The lowest BCUT2D eigenvalue weighted by molar-refractivity contribution is -0.149. The van der Waals surface area contributed by atoms with Gasteiger partial charge in [-0.05, 0) is 0 Å². The van der Waals surface area contributed by atoms with Crippen LogP contribution in [-0.2, 0) is 23.9 Å². The Balaban J connectivity index is 3.35. The number of carbonyl (C=O) groups is 3. The van der Waals surface area contributed by atoms with E-state index in [1.165, 1.54) is 0 Å². The van der Waals surface area contributed by atoms with Gasteiger partial charge in [0.05, 0.1) is 6.42 Å². The van der Waals surface area contributed by atoms with E-state index < -0.39 is 11.9 Å². The SMILES string of the molecule is C=CC(=O)OCCOC(=O)CCC=O. The van der Waals surface area contributed by atoms with Gasteiger partial charge in [0.1, 0.15) is 19.5 Å². The van der Waals surface area contributed by atoms with Crippen molar-refractivity contribution in [1.29, 1.82) is 0 Å². The van der Waals surface area contributed by atoms with Gasteiger partial charge in [-0.15, -0.1) is 0 Å². The zero-order valence-corrected chi connectivity index (χ0v) is 7.73. The normalized spacial score (nSPS) is 8.86. The number of hydrogen-bond acceptors (Lipinski definition) is 5. The highest BCUT2D eigenvalue weighted by Gasteiger charge is 2.02. The van der Waals surface area contributed by atoms with Crippen molar-refractivity contribution in [2.75, 3.05) is 13.2 Å². The molecule has 0 heterocycles. The minimum atomic E-state index is -0.561. The number of carbonyl (C=O) groups excluding carboxylic acids is 3. The van der Waals surface area contributed by atoms with Gasteiger partial charge in [0.2, 0.25) is 0 Å². The predicted octanol–water partition coefficient (Wildman–Crippen LogP) is 0.238. The quantitative estimate of drug-likeness (QED) is 0.255. The molecule has 0 saturated heterocycles. The molecule has 0 spiro atoms. The number of hydrogen-bond donors (Lipinski definition) is 0. The van der Waals surface area contributed by atoms with Crippen molar-refractivity contribution in [1.82, 2.24) is 0 Å². The summed E-state index contributed by atoms with van der Waals surface area (Å²) in [6.45, 7) is 3.19. The number of ether oxygens (including phenoxy) is 2. The van der Waals surface area contributed by atoms with Crippen LogP contribution in [0.5, 0.6) is 0 Å². The van der Waals surface area contributed by atoms with Crippen molar-refractivity contribution in [3.8, 4) is 0 Å². The van der Waals surface area contributed by atoms with E-state index in [4.69, 9.17) is 0 Å². The van der Waals surface area contributed by atoms with Crippen molar-refractivity contribution < 1.29 is 23.9 Å². The van der Waals surface area contributed by atoms with Gasteiger partial charge in [0, 0.05) is 12.5 Å². The van der Waals surface area contributed by atoms with Crippen molar-refractivity contribution in [2.45, 2.75) is 12.8 Å². The Morgan fingerprint density at radius 1 is 1.21 bits per heavy atom. The molecule has 0 radical (unpaired) electrons. The molecule has 0 bridgehead atoms. The molecule has 0 aliphatic rings. The van der Waals surface area contributed by atoms with E-state index in [1.807, 2.05) is 0 Å². The summed E-state index contributed by atoms with van der Waals surface area (Å²) >= 11 is 0. The third kappa shape index (κ3) is 7.02. The van der Waals surface area contributed by atoms with Crippen molar-refractivity contribution in [3.63, 3.8) is 0 Å². The number of esters is 2. The highest BCUT2D eigenvalue weighted by atomic mass is 16.6. The van der Waals surface area contributed by atoms with Gasteiger partial charge in [-0.2, -0.15) is 0 Å². The lowest BCUT2D eigenvalue weighted by Crippen LogP contribution is -2.12. The van der Waals surface area contributed by atoms with Crippen LogP contribution in [0, 0.1) is 0 Å². The zero-order chi connectivity index (χ0) is 10.8. The first kappa shape index (κ1) is 12.3. The molecule has 0 N–H and O–H groups in total. The molecular formula is C9H12O5. The van der Waals surface area contributed by atoms with E-state index in [0.717, 1.165) is 6.08 Å². The van der Waals surface area contributed by atoms with Gasteiger partial charge in [-0.25, -0.2) is 4.79 Å². The lowest BCUT2D eigenvalue weighted by Gasteiger charge is -2.03. The predicted molar refractivity (Wildman–Crippen MR) is 47.4 cm³/mol. The Hall–Kier alpha value is -1.65. The first-order valence-electron chi connectivity index (χ1n) is 4.09. The maximum Gasteiger partial charge on any atom is 0.330 e. The van der Waals surface area contributed by atoms with Gasteiger partial charge in [-0.3, -0.25) is 4.79 Å². The molecule has 0 fully saturated rings. The molecule has 0 atom stereocenters. The summed E-state index contributed by atoms with van der Waals surface area (Å²) in [5.74, 6) is -1.04. The molecule has 0 unspecified atom stereocenters. The van der Waals surface area contributed by atoms with Gasteiger partial charge < -0.3 is 14.3 Å². The second kappa shape index (κ2) is 7.97. The molecule has 0 aromatic carbocycles. The van der Waals surface area contributed by atoms with E-state index in [2.05, 4.69) is 16.1 Å². The average Bonchev–Trinajstić information content (AvgIpc) is 2.21. The summed E-state index contributed by atoms with van der Waals surface area (Å²) in [6.07, 6.45) is 1.86. The second-order valence-corrected chi connectivity index (χ2v) is 2.30. The minimum Gasteiger partial charge on any atom is -0.462 e. The van der Waals surface area contributed by atoms with E-state index >= 15 is 0 Å². The molecule has 0 aromatic rings. The monoisotopic (exact) mass is 200 g/mol. The average molecular weight is 200 g/mol. The van der Waals surface area contributed by atoms with E-state index in [1.54, 1.807) is 0 Å². The molecule has 0 rings (SSSR count). The first-order valence-corrected chi connectivity index (χ1v) is 4.09. The van der Waals surface area contributed by atoms with Gasteiger partial charge >= 0.3 is 11.9 Å². The number of aldehydes is 1. The molecule has 0 aromatic heterocycles. The molecule has 0 saturated carbocycles. The molecule has 0 amide bonds. The fraction of sp³-hybridized carbons (Fsp3) is 0.444. The summed E-state index contributed by atoms with van der Waals surface area (Å²) in [7, 11) is 0. The van der Waals surface area contributed by atoms with Crippen LogP contribution in [0.1, 0.15) is 12.8 Å². The summed E-state index contributed by atoms with van der Waals surface area (Å²) in [4.78, 5) is 31.2. The first-order chi connectivity index (χ1) is 6.70. The van der Waals surface area contributed by atoms with Crippen molar-refractivity contribution >= 4 is 18.2 Å². The lowest BCUT2D eigenvalue weighted by atomic mass is 10.3. The molecule has 0 aliphatic carbocycles. The fourth-order valence-electron chi connectivity index (χ4n) is 0.606. The van der Waals surface area contributed by atoms with Crippen LogP contribution in [0.4, 0.5) is 0 Å². The van der Waals surface area contributed by atoms with Gasteiger partial charge in [-0.1, -0.05) is 6.58 Å². The smallest absolute Gasteiger partial charge is 0.330 e. The standard InChI is InChI=1S/C9H12O5/c1-2-8(11)13-6-7-14-9(12)4-3-5-10/h2,5H,1,3-4,6-7H2. The van der Waals surface area contributed by atoms with Crippen LogP contribution < -0.4 is 0 Å². The van der Waals surface area contributed by atoms with Crippen LogP contribution in [-0.4, -0.2) is 31.4 Å². The van der Waals surface area contributed by atoms with Crippen LogP contribution in [0.3, 0.4) is 0 Å². The Morgan fingerprint density at radius 3 is 2.43 bits per heavy atom. The third-order valence-corrected chi connectivity index (χ3v) is 1.22. The largest absolute Gasteiger partial charge is 0.462 e. The summed E-state index contributed by atoms with van der Waals surface area (Å²) in [5.41, 5.74) is 0. The summed E-state index contributed by atoms with van der Waals surface area (Å²) in [5, 5.41) is 0. The number of rotatable bonds is 7. The molecular weight excluding hydrogens is 188 g/mol. The van der Waals surface area contributed by atoms with E-state index in [9.17, 15) is 14.4 Å². The highest BCUT2D eigenvalue weighted by molar-refractivity contribution is 5.81.